The quantitative estimate of drug-likeness (QED) is 0.734. The molecule has 0 radical (unpaired) electrons. The zero-order valence-electron chi connectivity index (χ0n) is 14.6. The normalized spacial score (nSPS) is 12.1. The third-order valence-electron chi connectivity index (χ3n) is 4.46. The first-order chi connectivity index (χ1) is 10.9. The second kappa shape index (κ2) is 5.73. The zero-order chi connectivity index (χ0) is 16.6. The number of nitrogens with one attached hydrogen (secondary N) is 1. The Labute approximate surface area is 138 Å². The van der Waals surface area contributed by atoms with E-state index in [9.17, 15) is 0 Å². The summed E-state index contributed by atoms with van der Waals surface area (Å²) < 4.78 is 0. The number of imidazole rings is 1. The summed E-state index contributed by atoms with van der Waals surface area (Å²) in [5.41, 5.74) is 4.41. The van der Waals surface area contributed by atoms with E-state index in [0.717, 1.165) is 16.9 Å². The number of benzene rings is 2. The average Bonchev–Trinajstić information content (AvgIpc) is 2.94. The van der Waals surface area contributed by atoms with Gasteiger partial charge in [0.15, 0.2) is 0 Å². The molecule has 1 N–H and O–H groups in total. The van der Waals surface area contributed by atoms with Crippen molar-refractivity contribution >= 4 is 16.7 Å². The van der Waals surface area contributed by atoms with Gasteiger partial charge in [-0.2, -0.15) is 0 Å². The van der Waals surface area contributed by atoms with Crippen LogP contribution in [0.4, 0.5) is 5.69 Å². The molecule has 0 saturated carbocycles. The highest BCUT2D eigenvalue weighted by Gasteiger charge is 2.34. The van der Waals surface area contributed by atoms with E-state index in [1.165, 1.54) is 11.3 Å². The monoisotopic (exact) mass is 307 g/mol. The maximum atomic E-state index is 4.85. The lowest BCUT2D eigenvalue weighted by Crippen LogP contribution is -2.47. The van der Waals surface area contributed by atoms with Gasteiger partial charge in [-0.25, -0.2) is 4.98 Å². The van der Waals surface area contributed by atoms with Crippen LogP contribution < -0.4 is 4.90 Å². The Balaban J connectivity index is 2.12. The van der Waals surface area contributed by atoms with Crippen LogP contribution in [0.5, 0.6) is 0 Å². The average molecular weight is 307 g/mol. The van der Waals surface area contributed by atoms with Gasteiger partial charge in [0.2, 0.25) is 0 Å². The van der Waals surface area contributed by atoms with Crippen LogP contribution in [0.15, 0.2) is 48.5 Å². The fourth-order valence-electron chi connectivity index (χ4n) is 3.42. The van der Waals surface area contributed by atoms with Crippen molar-refractivity contribution in [2.75, 3.05) is 4.90 Å². The van der Waals surface area contributed by atoms with Crippen LogP contribution >= 0.6 is 0 Å². The molecular formula is C20H25N3. The summed E-state index contributed by atoms with van der Waals surface area (Å²) in [6.45, 7) is 11.1. The predicted molar refractivity (Wildman–Crippen MR) is 97.9 cm³/mol. The van der Waals surface area contributed by atoms with Gasteiger partial charge in [0.25, 0.3) is 0 Å². The fourth-order valence-corrected chi connectivity index (χ4v) is 3.42. The van der Waals surface area contributed by atoms with E-state index in [-0.39, 0.29) is 5.54 Å². The van der Waals surface area contributed by atoms with Gasteiger partial charge < -0.3 is 9.88 Å². The molecule has 0 amide bonds. The maximum absolute atomic E-state index is 4.85. The molecule has 0 saturated heterocycles. The van der Waals surface area contributed by atoms with E-state index < -0.39 is 0 Å². The van der Waals surface area contributed by atoms with Crippen molar-refractivity contribution in [1.29, 1.82) is 0 Å². The van der Waals surface area contributed by atoms with Crippen molar-refractivity contribution in [1.82, 2.24) is 9.97 Å². The first-order valence-electron chi connectivity index (χ1n) is 8.21. The number of para-hydroxylation sites is 3. The molecule has 2 aromatic carbocycles. The highest BCUT2D eigenvalue weighted by atomic mass is 15.2. The summed E-state index contributed by atoms with van der Waals surface area (Å²) >= 11 is 0. The minimum absolute atomic E-state index is 0.237. The number of hydrogen-bond acceptors (Lipinski definition) is 2. The second-order valence-electron chi connectivity index (χ2n) is 6.91. The second-order valence-corrected chi connectivity index (χ2v) is 6.91. The van der Waals surface area contributed by atoms with Crippen molar-refractivity contribution in [3.05, 3.63) is 59.9 Å². The summed E-state index contributed by atoms with van der Waals surface area (Å²) in [7, 11) is 0. The molecule has 0 aliphatic heterocycles. The fraction of sp³-hybridized carbons (Fsp3) is 0.350. The Bertz CT molecular complexity index is 781. The first kappa shape index (κ1) is 15.6. The van der Waals surface area contributed by atoms with E-state index >= 15 is 0 Å². The summed E-state index contributed by atoms with van der Waals surface area (Å²) in [4.78, 5) is 10.8. The van der Waals surface area contributed by atoms with Crippen LogP contribution in [0.1, 0.15) is 39.1 Å². The molecule has 0 spiro atoms. The number of nitrogens with zero attached hydrogens (tertiary/aromatic N) is 2. The highest BCUT2D eigenvalue weighted by Crippen LogP contribution is 2.35. The number of aromatic amines is 1. The number of rotatable bonds is 4. The highest BCUT2D eigenvalue weighted by molar-refractivity contribution is 5.75. The standard InChI is InChI=1S/C20H25N3/c1-14(2)23(18-13-9-6-10-15(18)3)20(4,5)19-21-16-11-7-8-12-17(16)22-19/h6-14H,1-5H3,(H,21,22). The molecule has 0 bridgehead atoms. The van der Waals surface area contributed by atoms with Gasteiger partial charge in [-0.15, -0.1) is 0 Å². The third-order valence-corrected chi connectivity index (χ3v) is 4.46. The van der Waals surface area contributed by atoms with Crippen LogP contribution in [0.2, 0.25) is 0 Å². The molecule has 1 aromatic heterocycles. The molecule has 3 aromatic rings. The number of hydrogen-bond donors (Lipinski definition) is 1. The Morgan fingerprint density at radius 1 is 1.00 bits per heavy atom. The molecule has 0 aliphatic rings. The molecule has 23 heavy (non-hydrogen) atoms. The predicted octanol–water partition coefficient (Wildman–Crippen LogP) is 5.02. The van der Waals surface area contributed by atoms with Gasteiger partial charge in [0, 0.05) is 11.7 Å². The molecule has 3 heteroatoms. The van der Waals surface area contributed by atoms with Crippen molar-refractivity contribution in [3.63, 3.8) is 0 Å². The van der Waals surface area contributed by atoms with E-state index in [0.29, 0.717) is 6.04 Å². The van der Waals surface area contributed by atoms with Gasteiger partial charge in [-0.05, 0) is 58.4 Å². The van der Waals surface area contributed by atoms with Crippen LogP contribution in [-0.4, -0.2) is 16.0 Å². The van der Waals surface area contributed by atoms with Crippen LogP contribution in [0.3, 0.4) is 0 Å². The first-order valence-corrected chi connectivity index (χ1v) is 8.21. The topological polar surface area (TPSA) is 31.9 Å². The number of fused-ring (bicyclic) bond motifs is 1. The molecule has 0 unspecified atom stereocenters. The van der Waals surface area contributed by atoms with Crippen LogP contribution in [-0.2, 0) is 5.54 Å². The molecule has 0 aliphatic carbocycles. The largest absolute Gasteiger partial charge is 0.357 e. The Hall–Kier alpha value is -2.29. The lowest BCUT2D eigenvalue weighted by molar-refractivity contribution is 0.424. The molecule has 3 rings (SSSR count). The summed E-state index contributed by atoms with van der Waals surface area (Å²) in [5.74, 6) is 0.996. The van der Waals surface area contributed by atoms with E-state index in [2.05, 4.69) is 80.9 Å². The lowest BCUT2D eigenvalue weighted by atomic mass is 9.97. The van der Waals surface area contributed by atoms with Crippen molar-refractivity contribution in [3.8, 4) is 0 Å². The number of H-pyrrole nitrogens is 1. The lowest BCUT2D eigenvalue weighted by Gasteiger charge is -2.43. The minimum atomic E-state index is -0.237. The summed E-state index contributed by atoms with van der Waals surface area (Å²) in [5, 5.41) is 0. The molecular weight excluding hydrogens is 282 g/mol. The molecule has 120 valence electrons. The van der Waals surface area contributed by atoms with Crippen LogP contribution in [0.25, 0.3) is 11.0 Å². The van der Waals surface area contributed by atoms with E-state index in [1.807, 2.05) is 12.1 Å². The summed E-state index contributed by atoms with van der Waals surface area (Å²) in [6.07, 6.45) is 0. The number of aromatic nitrogens is 2. The third kappa shape index (κ3) is 2.72. The van der Waals surface area contributed by atoms with Crippen LogP contribution in [0, 0.1) is 6.92 Å². The van der Waals surface area contributed by atoms with Crippen molar-refractivity contribution < 1.29 is 0 Å². The molecule has 0 fully saturated rings. The van der Waals surface area contributed by atoms with Gasteiger partial charge in [0.05, 0.1) is 16.6 Å². The number of anilines is 1. The molecule has 0 atom stereocenters. The van der Waals surface area contributed by atoms with Gasteiger partial charge in [-0.3, -0.25) is 0 Å². The van der Waals surface area contributed by atoms with Gasteiger partial charge >= 0.3 is 0 Å². The molecule has 3 nitrogen and oxygen atoms in total. The van der Waals surface area contributed by atoms with Gasteiger partial charge in [-0.1, -0.05) is 30.3 Å². The zero-order valence-corrected chi connectivity index (χ0v) is 14.6. The Morgan fingerprint density at radius 2 is 1.65 bits per heavy atom. The summed E-state index contributed by atoms with van der Waals surface area (Å²) in [6, 6.07) is 17.1. The van der Waals surface area contributed by atoms with Gasteiger partial charge in [0.1, 0.15) is 5.82 Å². The number of aryl methyl sites for hydroxylation is 1. The SMILES string of the molecule is Cc1ccccc1N(C(C)C)C(C)(C)c1nc2ccccc2[nH]1. The molecule has 1 heterocycles. The van der Waals surface area contributed by atoms with Crippen molar-refractivity contribution in [2.45, 2.75) is 46.2 Å². The van der Waals surface area contributed by atoms with E-state index in [4.69, 9.17) is 4.98 Å². The smallest absolute Gasteiger partial charge is 0.132 e. The maximum Gasteiger partial charge on any atom is 0.132 e. The van der Waals surface area contributed by atoms with E-state index in [1.54, 1.807) is 0 Å². The Kier molecular flexibility index (Phi) is 3.88. The minimum Gasteiger partial charge on any atom is -0.357 e. The van der Waals surface area contributed by atoms with Crippen molar-refractivity contribution in [2.24, 2.45) is 0 Å². The Morgan fingerprint density at radius 3 is 2.30 bits per heavy atom.